The molecule has 2 rings (SSSR count). The van der Waals surface area contributed by atoms with Crippen molar-refractivity contribution in [3.05, 3.63) is 23.9 Å². The number of nitrogens with zero attached hydrogens (tertiary/aromatic N) is 3. The van der Waals surface area contributed by atoms with E-state index in [0.717, 1.165) is 32.7 Å². The third-order valence-electron chi connectivity index (χ3n) is 4.36. The highest BCUT2D eigenvalue weighted by molar-refractivity contribution is 5.48. The van der Waals surface area contributed by atoms with E-state index >= 15 is 0 Å². The van der Waals surface area contributed by atoms with Crippen LogP contribution >= 0.6 is 0 Å². The molecule has 1 aromatic rings. The van der Waals surface area contributed by atoms with Crippen LogP contribution in [0.15, 0.2) is 18.3 Å². The Labute approximate surface area is 129 Å². The van der Waals surface area contributed by atoms with Crippen molar-refractivity contribution < 1.29 is 0 Å². The van der Waals surface area contributed by atoms with E-state index in [0.29, 0.717) is 12.1 Å². The molecule has 0 aliphatic carbocycles. The number of likely N-dealkylation sites (N-methyl/N-ethyl adjacent to an activating group) is 1. The fraction of sp³-hybridized carbons (Fsp3) is 0.706. The molecule has 1 aliphatic heterocycles. The highest BCUT2D eigenvalue weighted by Crippen LogP contribution is 2.24. The van der Waals surface area contributed by atoms with Gasteiger partial charge < -0.3 is 10.2 Å². The molecule has 21 heavy (non-hydrogen) atoms. The van der Waals surface area contributed by atoms with Crippen molar-refractivity contribution in [2.45, 2.75) is 52.7 Å². The zero-order valence-electron chi connectivity index (χ0n) is 14.0. The lowest BCUT2D eigenvalue weighted by Gasteiger charge is -2.27. The highest BCUT2D eigenvalue weighted by atomic mass is 15.3. The largest absolute Gasteiger partial charge is 0.355 e. The third kappa shape index (κ3) is 4.17. The lowest BCUT2D eigenvalue weighted by molar-refractivity contribution is 0.232. The number of hydrogen-bond acceptors (Lipinski definition) is 4. The van der Waals surface area contributed by atoms with Crippen LogP contribution in [0.3, 0.4) is 0 Å². The molecule has 0 spiro atoms. The van der Waals surface area contributed by atoms with Crippen LogP contribution in [0, 0.1) is 0 Å². The quantitative estimate of drug-likeness (QED) is 0.836. The number of anilines is 1. The average molecular weight is 290 g/mol. The Balaban J connectivity index is 2.05. The normalized spacial score (nSPS) is 19.0. The summed E-state index contributed by atoms with van der Waals surface area (Å²) in [6.07, 6.45) is 3.16. The number of hydrogen-bond donors (Lipinski definition) is 1. The van der Waals surface area contributed by atoms with Crippen molar-refractivity contribution in [3.8, 4) is 0 Å². The molecular formula is C17H30N4. The minimum atomic E-state index is 0.500. The van der Waals surface area contributed by atoms with Crippen LogP contribution in [0.4, 0.5) is 5.82 Å². The van der Waals surface area contributed by atoms with Crippen LogP contribution in [-0.4, -0.2) is 48.1 Å². The first-order valence-corrected chi connectivity index (χ1v) is 8.32. The van der Waals surface area contributed by atoms with Crippen LogP contribution in [-0.2, 0) is 6.54 Å². The maximum atomic E-state index is 4.65. The molecule has 0 saturated carbocycles. The lowest BCUT2D eigenvalue weighted by atomic mass is 10.2. The molecule has 4 nitrogen and oxygen atoms in total. The lowest BCUT2D eigenvalue weighted by Crippen LogP contribution is -2.37. The molecule has 0 amide bonds. The van der Waals surface area contributed by atoms with Gasteiger partial charge in [-0.15, -0.1) is 0 Å². The van der Waals surface area contributed by atoms with Crippen molar-refractivity contribution in [2.24, 2.45) is 0 Å². The first-order chi connectivity index (χ1) is 10.2. The molecule has 0 aromatic carbocycles. The molecule has 1 fully saturated rings. The predicted molar refractivity (Wildman–Crippen MR) is 89.8 cm³/mol. The van der Waals surface area contributed by atoms with Crippen molar-refractivity contribution in [2.75, 3.05) is 31.1 Å². The standard InChI is InChI=1S/C17H30N4/c1-5-20(6-2)16-9-11-21(13-16)17-15(8-7-10-18-17)12-19-14(3)4/h7-8,10,14,16,19H,5-6,9,11-13H2,1-4H3. The van der Waals surface area contributed by atoms with Crippen LogP contribution in [0.1, 0.15) is 39.7 Å². The fourth-order valence-electron chi connectivity index (χ4n) is 3.14. The second-order valence-electron chi connectivity index (χ2n) is 6.13. The van der Waals surface area contributed by atoms with Crippen LogP contribution in [0.5, 0.6) is 0 Å². The van der Waals surface area contributed by atoms with Gasteiger partial charge in [0.05, 0.1) is 0 Å². The summed E-state index contributed by atoms with van der Waals surface area (Å²) in [5.74, 6) is 1.17. The molecule has 0 bridgehead atoms. The van der Waals surface area contributed by atoms with Gasteiger partial charge in [0, 0.05) is 43.5 Å². The van der Waals surface area contributed by atoms with Crippen molar-refractivity contribution in [1.29, 1.82) is 0 Å². The summed E-state index contributed by atoms with van der Waals surface area (Å²) in [7, 11) is 0. The van der Waals surface area contributed by atoms with E-state index < -0.39 is 0 Å². The van der Waals surface area contributed by atoms with Crippen molar-refractivity contribution in [3.63, 3.8) is 0 Å². The van der Waals surface area contributed by atoms with Gasteiger partial charge >= 0.3 is 0 Å². The second kappa shape index (κ2) is 7.76. The Morgan fingerprint density at radius 2 is 2.14 bits per heavy atom. The monoisotopic (exact) mass is 290 g/mol. The second-order valence-corrected chi connectivity index (χ2v) is 6.13. The molecular weight excluding hydrogens is 260 g/mol. The zero-order valence-corrected chi connectivity index (χ0v) is 14.0. The minimum absolute atomic E-state index is 0.500. The van der Waals surface area contributed by atoms with E-state index in [4.69, 9.17) is 0 Å². The first-order valence-electron chi connectivity index (χ1n) is 8.32. The van der Waals surface area contributed by atoms with Gasteiger partial charge in [0.15, 0.2) is 0 Å². The SMILES string of the molecule is CCN(CC)C1CCN(c2ncccc2CNC(C)C)C1. The van der Waals surface area contributed by atoms with Gasteiger partial charge in [-0.1, -0.05) is 33.8 Å². The Bertz CT molecular complexity index is 429. The zero-order chi connectivity index (χ0) is 15.2. The summed E-state index contributed by atoms with van der Waals surface area (Å²) in [6, 6.07) is 5.41. The van der Waals surface area contributed by atoms with Gasteiger partial charge in [-0.05, 0) is 25.6 Å². The van der Waals surface area contributed by atoms with Crippen molar-refractivity contribution in [1.82, 2.24) is 15.2 Å². The fourth-order valence-corrected chi connectivity index (χ4v) is 3.14. The highest BCUT2D eigenvalue weighted by Gasteiger charge is 2.27. The summed E-state index contributed by atoms with van der Waals surface area (Å²) in [6.45, 7) is 14.3. The van der Waals surface area contributed by atoms with Gasteiger partial charge in [-0.3, -0.25) is 4.90 Å². The smallest absolute Gasteiger partial charge is 0.133 e. The van der Waals surface area contributed by atoms with Gasteiger partial charge in [0.2, 0.25) is 0 Å². The molecule has 0 radical (unpaired) electrons. The molecule has 2 heterocycles. The first kappa shape index (κ1) is 16.2. The predicted octanol–water partition coefficient (Wildman–Crippen LogP) is 2.50. The molecule has 1 aliphatic rings. The molecule has 1 atom stereocenters. The summed E-state index contributed by atoms with van der Waals surface area (Å²) in [4.78, 5) is 9.67. The number of aromatic nitrogens is 1. The number of rotatable bonds is 7. The molecule has 1 unspecified atom stereocenters. The summed E-state index contributed by atoms with van der Waals surface area (Å²) < 4.78 is 0. The summed E-state index contributed by atoms with van der Waals surface area (Å²) in [5.41, 5.74) is 1.31. The minimum Gasteiger partial charge on any atom is -0.355 e. The maximum Gasteiger partial charge on any atom is 0.133 e. The Hall–Kier alpha value is -1.13. The Morgan fingerprint density at radius 3 is 2.81 bits per heavy atom. The van der Waals surface area contributed by atoms with E-state index in [2.05, 4.69) is 53.9 Å². The van der Waals surface area contributed by atoms with Gasteiger partial charge in [0.1, 0.15) is 5.82 Å². The third-order valence-corrected chi connectivity index (χ3v) is 4.36. The van der Waals surface area contributed by atoms with Gasteiger partial charge in [-0.25, -0.2) is 4.98 Å². The summed E-state index contributed by atoms with van der Waals surface area (Å²) >= 11 is 0. The maximum absolute atomic E-state index is 4.65. The van der Waals surface area contributed by atoms with E-state index in [1.54, 1.807) is 0 Å². The average Bonchev–Trinajstić information content (AvgIpc) is 2.96. The number of pyridine rings is 1. The van der Waals surface area contributed by atoms with Crippen LogP contribution in [0.2, 0.25) is 0 Å². The van der Waals surface area contributed by atoms with E-state index in [1.165, 1.54) is 17.8 Å². The topological polar surface area (TPSA) is 31.4 Å². The van der Waals surface area contributed by atoms with Gasteiger partial charge in [0.25, 0.3) is 0 Å². The van der Waals surface area contributed by atoms with Crippen LogP contribution < -0.4 is 10.2 Å². The number of nitrogens with one attached hydrogen (secondary N) is 1. The Morgan fingerprint density at radius 1 is 1.38 bits per heavy atom. The molecule has 1 aromatic heterocycles. The Kier molecular flexibility index (Phi) is 6.00. The van der Waals surface area contributed by atoms with Crippen molar-refractivity contribution >= 4 is 5.82 Å². The molecule has 118 valence electrons. The molecule has 1 saturated heterocycles. The summed E-state index contributed by atoms with van der Waals surface area (Å²) in [5, 5.41) is 3.50. The molecule has 1 N–H and O–H groups in total. The van der Waals surface area contributed by atoms with E-state index in [9.17, 15) is 0 Å². The molecule has 4 heteroatoms. The van der Waals surface area contributed by atoms with Gasteiger partial charge in [-0.2, -0.15) is 0 Å². The van der Waals surface area contributed by atoms with E-state index in [-0.39, 0.29) is 0 Å². The van der Waals surface area contributed by atoms with E-state index in [1.807, 2.05) is 12.3 Å². The van der Waals surface area contributed by atoms with Crippen LogP contribution in [0.25, 0.3) is 0 Å².